The lowest BCUT2D eigenvalue weighted by atomic mass is 9.75. The van der Waals surface area contributed by atoms with Gasteiger partial charge < -0.3 is 9.73 Å². The number of hydrogen-bond acceptors (Lipinski definition) is 5. The molecule has 2 unspecified atom stereocenters. The molecule has 1 amide bonds. The molecule has 3 aliphatic heterocycles. The Labute approximate surface area is 195 Å². The normalized spacial score (nSPS) is 24.7. The number of piperidine rings is 3. The lowest BCUT2D eigenvalue weighted by Gasteiger charge is -2.49. The summed E-state index contributed by atoms with van der Waals surface area (Å²) in [6, 6.07) is 12.7. The van der Waals surface area contributed by atoms with Crippen molar-refractivity contribution >= 4 is 5.91 Å². The molecule has 3 aliphatic rings. The number of carbonyl (C=O) groups excluding carboxylic acids is 1. The Morgan fingerprint density at radius 2 is 2.03 bits per heavy atom. The number of furan rings is 1. The van der Waals surface area contributed by atoms with Crippen LogP contribution in [0.25, 0.3) is 11.3 Å². The maximum Gasteiger partial charge on any atom is 0.225 e. The average molecular weight is 448 g/mol. The van der Waals surface area contributed by atoms with E-state index in [-0.39, 0.29) is 17.2 Å². The highest BCUT2D eigenvalue weighted by Gasteiger charge is 2.43. The third-order valence-electron chi connectivity index (χ3n) is 7.22. The molecule has 174 valence electrons. The lowest BCUT2D eigenvalue weighted by Crippen LogP contribution is -2.57. The summed E-state index contributed by atoms with van der Waals surface area (Å²) in [6.45, 7) is 9.79. The van der Waals surface area contributed by atoms with Crippen molar-refractivity contribution in [3.05, 3.63) is 60.2 Å². The number of fused-ring (bicyclic) bond motifs is 3. The number of carbonyl (C=O) groups is 1. The predicted molar refractivity (Wildman–Crippen MR) is 126 cm³/mol. The van der Waals surface area contributed by atoms with Gasteiger partial charge in [0.25, 0.3) is 0 Å². The minimum Gasteiger partial charge on any atom is -0.467 e. The zero-order valence-electron chi connectivity index (χ0n) is 19.7. The van der Waals surface area contributed by atoms with E-state index in [4.69, 9.17) is 4.42 Å². The van der Waals surface area contributed by atoms with Crippen LogP contribution in [0, 0.1) is 11.8 Å². The number of rotatable bonds is 6. The third kappa shape index (κ3) is 4.74. The van der Waals surface area contributed by atoms with Crippen molar-refractivity contribution in [1.82, 2.24) is 25.2 Å². The van der Waals surface area contributed by atoms with Gasteiger partial charge in [0, 0.05) is 18.2 Å². The molecule has 0 saturated carbocycles. The van der Waals surface area contributed by atoms with Crippen LogP contribution >= 0.6 is 0 Å². The summed E-state index contributed by atoms with van der Waals surface area (Å²) >= 11 is 0. The second-order valence-corrected chi connectivity index (χ2v) is 10.5. The average Bonchev–Trinajstić information content (AvgIpc) is 3.50. The number of benzene rings is 1. The van der Waals surface area contributed by atoms with Crippen molar-refractivity contribution in [1.29, 1.82) is 0 Å². The summed E-state index contributed by atoms with van der Waals surface area (Å²) in [7, 11) is 0. The monoisotopic (exact) mass is 447 g/mol. The zero-order valence-corrected chi connectivity index (χ0v) is 19.7. The van der Waals surface area contributed by atoms with Gasteiger partial charge in [0.2, 0.25) is 5.91 Å². The summed E-state index contributed by atoms with van der Waals surface area (Å²) < 4.78 is 7.29. The highest BCUT2D eigenvalue weighted by atomic mass is 16.3. The number of nitrogens with zero attached hydrogens (tertiary/aromatic N) is 4. The van der Waals surface area contributed by atoms with E-state index in [0.29, 0.717) is 18.5 Å². The molecule has 2 bridgehead atoms. The van der Waals surface area contributed by atoms with Gasteiger partial charge in [0.1, 0.15) is 11.5 Å². The van der Waals surface area contributed by atoms with E-state index in [9.17, 15) is 4.79 Å². The lowest BCUT2D eigenvalue weighted by molar-refractivity contribution is -0.133. The summed E-state index contributed by atoms with van der Waals surface area (Å²) in [6.07, 6.45) is 5.78. The molecule has 0 spiro atoms. The number of nitrogens with one attached hydrogen (secondary N) is 1. The van der Waals surface area contributed by atoms with Crippen LogP contribution in [0.15, 0.2) is 53.3 Å². The van der Waals surface area contributed by atoms with Crippen LogP contribution in [0.2, 0.25) is 0 Å². The SMILES string of the molecule is CC(C)(C)c1ccc(-c2cn(C[C@H]3CC4CCN3C[C@@H]4C(=O)NCc3ccco3)nn2)cc1. The molecular weight excluding hydrogens is 414 g/mol. The van der Waals surface area contributed by atoms with E-state index in [1.54, 1.807) is 6.26 Å². The maximum absolute atomic E-state index is 12.8. The molecule has 1 N–H and O–H groups in total. The predicted octanol–water partition coefficient (Wildman–Crippen LogP) is 3.86. The molecule has 7 heteroatoms. The van der Waals surface area contributed by atoms with Crippen molar-refractivity contribution in [2.75, 3.05) is 13.1 Å². The van der Waals surface area contributed by atoms with Crippen LogP contribution in [0.5, 0.6) is 0 Å². The minimum atomic E-state index is 0.0533. The first kappa shape index (κ1) is 21.9. The molecule has 33 heavy (non-hydrogen) atoms. The van der Waals surface area contributed by atoms with Gasteiger partial charge in [0.15, 0.2) is 0 Å². The van der Waals surface area contributed by atoms with Crippen LogP contribution < -0.4 is 5.32 Å². The van der Waals surface area contributed by atoms with Crippen molar-refractivity contribution in [3.8, 4) is 11.3 Å². The van der Waals surface area contributed by atoms with E-state index in [1.807, 2.05) is 23.0 Å². The van der Waals surface area contributed by atoms with Gasteiger partial charge in [-0.05, 0) is 48.4 Å². The van der Waals surface area contributed by atoms with Crippen LogP contribution in [0.1, 0.15) is 44.9 Å². The molecule has 0 radical (unpaired) electrons. The fourth-order valence-corrected chi connectivity index (χ4v) is 5.22. The first-order chi connectivity index (χ1) is 15.9. The van der Waals surface area contributed by atoms with Crippen molar-refractivity contribution in [2.45, 2.75) is 58.2 Å². The fourth-order valence-electron chi connectivity index (χ4n) is 5.22. The van der Waals surface area contributed by atoms with Crippen LogP contribution in [0.4, 0.5) is 0 Å². The smallest absolute Gasteiger partial charge is 0.225 e. The van der Waals surface area contributed by atoms with Crippen LogP contribution in [-0.2, 0) is 23.3 Å². The Bertz CT molecular complexity index is 1080. The van der Waals surface area contributed by atoms with E-state index in [0.717, 1.165) is 49.5 Å². The molecule has 2 aromatic heterocycles. The minimum absolute atomic E-state index is 0.0533. The van der Waals surface area contributed by atoms with Crippen molar-refractivity contribution in [3.63, 3.8) is 0 Å². The summed E-state index contributed by atoms with van der Waals surface area (Å²) in [4.78, 5) is 15.2. The molecule has 4 atom stereocenters. The topological polar surface area (TPSA) is 76.2 Å². The van der Waals surface area contributed by atoms with Gasteiger partial charge in [-0.1, -0.05) is 50.3 Å². The standard InChI is InChI=1S/C26H33N5O2/c1-26(2,3)20-8-6-18(7-9-20)24-17-31(29-28-24)15-21-13-19-10-11-30(21)16-23(19)25(32)27-14-22-5-4-12-33-22/h4-9,12,17,19,21,23H,10-11,13-16H2,1-3H3,(H,27,32)/t19?,21-,23+/m1/s1. The molecule has 3 aromatic rings. The van der Waals surface area contributed by atoms with E-state index >= 15 is 0 Å². The highest BCUT2D eigenvalue weighted by molar-refractivity contribution is 5.79. The Balaban J connectivity index is 1.19. The quantitative estimate of drug-likeness (QED) is 0.621. The number of aromatic nitrogens is 3. The van der Waals surface area contributed by atoms with E-state index < -0.39 is 0 Å². The summed E-state index contributed by atoms with van der Waals surface area (Å²) in [5, 5.41) is 11.9. The van der Waals surface area contributed by atoms with Gasteiger partial charge in [-0.25, -0.2) is 0 Å². The molecular formula is C26H33N5O2. The molecule has 3 fully saturated rings. The van der Waals surface area contributed by atoms with Gasteiger partial charge in [0.05, 0.1) is 31.5 Å². The number of hydrogen-bond donors (Lipinski definition) is 1. The first-order valence-electron chi connectivity index (χ1n) is 11.9. The molecule has 7 nitrogen and oxygen atoms in total. The van der Waals surface area contributed by atoms with Gasteiger partial charge >= 0.3 is 0 Å². The van der Waals surface area contributed by atoms with Gasteiger partial charge in [-0.15, -0.1) is 5.10 Å². The Hall–Kier alpha value is -2.93. The van der Waals surface area contributed by atoms with Gasteiger partial charge in [-0.2, -0.15) is 0 Å². The fraction of sp³-hybridized carbons (Fsp3) is 0.500. The summed E-state index contributed by atoms with van der Waals surface area (Å²) in [5.41, 5.74) is 3.44. The molecule has 1 aromatic carbocycles. The zero-order chi connectivity index (χ0) is 23.0. The summed E-state index contributed by atoms with van der Waals surface area (Å²) in [5.74, 6) is 1.40. The maximum atomic E-state index is 12.8. The van der Waals surface area contributed by atoms with E-state index in [2.05, 4.69) is 65.6 Å². The molecule has 0 aliphatic carbocycles. The molecule has 6 rings (SSSR count). The Kier molecular flexibility index (Phi) is 5.83. The Morgan fingerprint density at radius 3 is 2.70 bits per heavy atom. The van der Waals surface area contributed by atoms with Crippen LogP contribution in [-0.4, -0.2) is 44.9 Å². The third-order valence-corrected chi connectivity index (χ3v) is 7.22. The molecule has 3 saturated heterocycles. The van der Waals surface area contributed by atoms with Crippen molar-refractivity contribution in [2.24, 2.45) is 11.8 Å². The second kappa shape index (κ2) is 8.78. The number of amides is 1. The second-order valence-electron chi connectivity index (χ2n) is 10.5. The molecule has 5 heterocycles. The van der Waals surface area contributed by atoms with Gasteiger partial charge in [-0.3, -0.25) is 14.4 Å². The largest absolute Gasteiger partial charge is 0.467 e. The van der Waals surface area contributed by atoms with Crippen molar-refractivity contribution < 1.29 is 9.21 Å². The highest BCUT2D eigenvalue weighted by Crippen LogP contribution is 2.37. The van der Waals surface area contributed by atoms with Crippen LogP contribution in [0.3, 0.4) is 0 Å². The van der Waals surface area contributed by atoms with E-state index in [1.165, 1.54) is 5.56 Å². The Morgan fingerprint density at radius 1 is 1.21 bits per heavy atom. The first-order valence-corrected chi connectivity index (χ1v) is 11.9.